The molecule has 1 aliphatic carbocycles. The molecule has 0 atom stereocenters. The molecule has 1 heteroatoms. The van der Waals surface area contributed by atoms with Gasteiger partial charge in [0.05, 0.1) is 6.26 Å². The Morgan fingerprint density at radius 3 is 2.90 bits per heavy atom. The Kier molecular flexibility index (Phi) is 1.01. The first-order chi connectivity index (χ1) is 4.79. The van der Waals surface area contributed by atoms with E-state index in [0.717, 1.165) is 12.2 Å². The van der Waals surface area contributed by atoms with Gasteiger partial charge in [0.15, 0.2) is 0 Å². The molecule has 1 aromatic heterocycles. The minimum atomic E-state index is 1.06. The summed E-state index contributed by atoms with van der Waals surface area (Å²) in [5.41, 5.74) is 3.93. The summed E-state index contributed by atoms with van der Waals surface area (Å²) in [7, 11) is 0. The van der Waals surface area contributed by atoms with E-state index in [9.17, 15) is 0 Å². The normalized spacial score (nSPS) is 15.2. The number of hydrogen-bond donors (Lipinski definition) is 0. The zero-order valence-corrected chi connectivity index (χ0v) is 6.27. The van der Waals surface area contributed by atoms with Crippen LogP contribution in [0.4, 0.5) is 0 Å². The van der Waals surface area contributed by atoms with Crippen LogP contribution in [0.3, 0.4) is 0 Å². The Hall–Kier alpha value is -0.980. The third-order valence-electron chi connectivity index (χ3n) is 2.07. The van der Waals surface area contributed by atoms with Gasteiger partial charge in [-0.2, -0.15) is 0 Å². The third kappa shape index (κ3) is 0.576. The van der Waals surface area contributed by atoms with Crippen LogP contribution in [0.25, 0.3) is 5.57 Å². The summed E-state index contributed by atoms with van der Waals surface area (Å²) in [6, 6.07) is 0. The molecule has 10 heavy (non-hydrogen) atoms. The molecule has 1 nitrogen and oxygen atoms in total. The van der Waals surface area contributed by atoms with Gasteiger partial charge in [-0.15, -0.1) is 0 Å². The highest BCUT2D eigenvalue weighted by Crippen LogP contribution is 2.30. The van der Waals surface area contributed by atoms with Crippen LogP contribution >= 0.6 is 0 Å². The second kappa shape index (κ2) is 1.75. The standard InChI is InChI=1S/C9H10O/c1-6-3-4-8-7(2)5-10-9(6)8/h3,5H,4H2,1-2H3. The van der Waals surface area contributed by atoms with Crippen LogP contribution in [0.15, 0.2) is 16.8 Å². The van der Waals surface area contributed by atoms with Crippen molar-refractivity contribution in [1.82, 2.24) is 0 Å². The van der Waals surface area contributed by atoms with Crippen molar-refractivity contribution in [1.29, 1.82) is 0 Å². The maximum absolute atomic E-state index is 5.35. The minimum absolute atomic E-state index is 1.06. The van der Waals surface area contributed by atoms with Crippen molar-refractivity contribution >= 4 is 5.57 Å². The van der Waals surface area contributed by atoms with Gasteiger partial charge in [-0.1, -0.05) is 6.08 Å². The molecule has 52 valence electrons. The van der Waals surface area contributed by atoms with Gasteiger partial charge in [-0.3, -0.25) is 0 Å². The predicted octanol–water partition coefficient (Wildman–Crippen LogP) is 2.55. The average Bonchev–Trinajstić information content (AvgIpc) is 2.41. The molecule has 0 fully saturated rings. The fourth-order valence-corrected chi connectivity index (χ4v) is 1.40. The molecule has 0 saturated heterocycles. The van der Waals surface area contributed by atoms with Gasteiger partial charge in [-0.25, -0.2) is 0 Å². The molecule has 1 heterocycles. The Morgan fingerprint density at radius 1 is 1.40 bits per heavy atom. The summed E-state index contributed by atoms with van der Waals surface area (Å²) in [5.74, 6) is 1.09. The maximum Gasteiger partial charge on any atom is 0.133 e. The summed E-state index contributed by atoms with van der Waals surface area (Å²) < 4.78 is 5.35. The molecule has 0 unspecified atom stereocenters. The maximum atomic E-state index is 5.35. The molecule has 0 aromatic carbocycles. The fourth-order valence-electron chi connectivity index (χ4n) is 1.40. The van der Waals surface area contributed by atoms with E-state index in [4.69, 9.17) is 4.42 Å². The lowest BCUT2D eigenvalue weighted by atomic mass is 10.1. The van der Waals surface area contributed by atoms with Gasteiger partial charge in [0.2, 0.25) is 0 Å². The molecule has 0 bridgehead atoms. The number of furan rings is 1. The number of hydrogen-bond acceptors (Lipinski definition) is 1. The zero-order chi connectivity index (χ0) is 7.14. The summed E-state index contributed by atoms with van der Waals surface area (Å²) in [6.07, 6.45) is 5.10. The average molecular weight is 134 g/mol. The van der Waals surface area contributed by atoms with Crippen LogP contribution in [-0.2, 0) is 6.42 Å². The number of rotatable bonds is 0. The Labute approximate surface area is 60.4 Å². The molecule has 0 saturated carbocycles. The van der Waals surface area contributed by atoms with E-state index in [2.05, 4.69) is 19.9 Å². The topological polar surface area (TPSA) is 13.1 Å². The molecule has 0 radical (unpaired) electrons. The SMILES string of the molecule is CC1=CCc2c(C)coc21. The highest BCUT2D eigenvalue weighted by Gasteiger charge is 2.15. The van der Waals surface area contributed by atoms with E-state index < -0.39 is 0 Å². The van der Waals surface area contributed by atoms with E-state index in [1.54, 1.807) is 0 Å². The van der Waals surface area contributed by atoms with Crippen molar-refractivity contribution in [2.45, 2.75) is 20.3 Å². The first-order valence-electron chi connectivity index (χ1n) is 3.53. The number of aryl methyl sites for hydroxylation is 1. The van der Waals surface area contributed by atoms with Gasteiger partial charge < -0.3 is 4.42 Å². The largest absolute Gasteiger partial charge is 0.464 e. The molecule has 1 aromatic rings. The first-order valence-corrected chi connectivity index (χ1v) is 3.53. The highest BCUT2D eigenvalue weighted by molar-refractivity contribution is 5.68. The smallest absolute Gasteiger partial charge is 0.133 e. The van der Waals surface area contributed by atoms with E-state index in [-0.39, 0.29) is 0 Å². The van der Waals surface area contributed by atoms with Crippen molar-refractivity contribution in [3.8, 4) is 0 Å². The van der Waals surface area contributed by atoms with Gasteiger partial charge >= 0.3 is 0 Å². The Balaban J connectivity index is 2.62. The van der Waals surface area contributed by atoms with E-state index in [1.165, 1.54) is 16.7 Å². The monoisotopic (exact) mass is 134 g/mol. The van der Waals surface area contributed by atoms with Crippen LogP contribution in [0.5, 0.6) is 0 Å². The van der Waals surface area contributed by atoms with Crippen LogP contribution < -0.4 is 0 Å². The number of allylic oxidation sites excluding steroid dienone is 2. The van der Waals surface area contributed by atoms with Gasteiger partial charge in [0, 0.05) is 5.56 Å². The van der Waals surface area contributed by atoms with Crippen molar-refractivity contribution in [3.05, 3.63) is 29.2 Å². The Bertz CT molecular complexity index is 292. The van der Waals surface area contributed by atoms with Crippen LogP contribution in [-0.4, -0.2) is 0 Å². The van der Waals surface area contributed by atoms with Gasteiger partial charge in [0.25, 0.3) is 0 Å². The van der Waals surface area contributed by atoms with E-state index in [1.807, 2.05) is 6.26 Å². The summed E-state index contributed by atoms with van der Waals surface area (Å²) in [5, 5.41) is 0. The molecule has 1 aliphatic rings. The van der Waals surface area contributed by atoms with Crippen molar-refractivity contribution < 1.29 is 4.42 Å². The van der Waals surface area contributed by atoms with Crippen molar-refractivity contribution in [2.24, 2.45) is 0 Å². The lowest BCUT2D eigenvalue weighted by Crippen LogP contribution is -1.76. The lowest BCUT2D eigenvalue weighted by Gasteiger charge is -1.88. The van der Waals surface area contributed by atoms with E-state index in [0.29, 0.717) is 0 Å². The van der Waals surface area contributed by atoms with Crippen molar-refractivity contribution in [3.63, 3.8) is 0 Å². The quantitative estimate of drug-likeness (QED) is 0.531. The third-order valence-corrected chi connectivity index (χ3v) is 2.07. The summed E-state index contributed by atoms with van der Waals surface area (Å²) >= 11 is 0. The molecule has 0 spiro atoms. The molecule has 0 amide bonds. The van der Waals surface area contributed by atoms with Crippen LogP contribution in [0.2, 0.25) is 0 Å². The van der Waals surface area contributed by atoms with E-state index >= 15 is 0 Å². The number of fused-ring (bicyclic) bond motifs is 1. The molecule has 0 N–H and O–H groups in total. The van der Waals surface area contributed by atoms with Crippen LogP contribution in [0.1, 0.15) is 23.8 Å². The minimum Gasteiger partial charge on any atom is -0.464 e. The molecular formula is C9H10O. The van der Waals surface area contributed by atoms with Crippen LogP contribution in [0, 0.1) is 6.92 Å². The van der Waals surface area contributed by atoms with Gasteiger partial charge in [0.1, 0.15) is 5.76 Å². The molecular weight excluding hydrogens is 124 g/mol. The molecule has 0 aliphatic heterocycles. The Morgan fingerprint density at radius 2 is 2.20 bits per heavy atom. The lowest BCUT2D eigenvalue weighted by molar-refractivity contribution is 0.550. The fraction of sp³-hybridized carbons (Fsp3) is 0.333. The molecule has 2 rings (SSSR count). The summed E-state index contributed by atoms with van der Waals surface area (Å²) in [4.78, 5) is 0. The van der Waals surface area contributed by atoms with Crippen molar-refractivity contribution in [2.75, 3.05) is 0 Å². The first kappa shape index (κ1) is 5.78. The highest BCUT2D eigenvalue weighted by atomic mass is 16.3. The second-order valence-corrected chi connectivity index (χ2v) is 2.82. The zero-order valence-electron chi connectivity index (χ0n) is 6.27. The van der Waals surface area contributed by atoms with Gasteiger partial charge in [-0.05, 0) is 31.4 Å². The predicted molar refractivity (Wildman–Crippen MR) is 40.8 cm³/mol. The summed E-state index contributed by atoms with van der Waals surface area (Å²) in [6.45, 7) is 4.18. The second-order valence-electron chi connectivity index (χ2n) is 2.82.